The largest absolute Gasteiger partial charge is 0.440 e. The van der Waals surface area contributed by atoms with Gasteiger partial charge in [-0.3, -0.25) is 0 Å². The lowest BCUT2D eigenvalue weighted by atomic mass is 9.97. The van der Waals surface area contributed by atoms with Gasteiger partial charge < -0.3 is 8.98 Å². The Balaban J connectivity index is 1.58. The van der Waals surface area contributed by atoms with Crippen molar-refractivity contribution in [2.75, 3.05) is 6.26 Å². The van der Waals surface area contributed by atoms with E-state index in [2.05, 4.69) is 33.8 Å². The van der Waals surface area contributed by atoms with Gasteiger partial charge in [0.15, 0.2) is 21.5 Å². The zero-order chi connectivity index (χ0) is 26.6. The minimum Gasteiger partial charge on any atom is -0.440 e. The van der Waals surface area contributed by atoms with E-state index in [-0.39, 0.29) is 4.90 Å². The van der Waals surface area contributed by atoms with Crippen LogP contribution in [-0.4, -0.2) is 29.2 Å². The SMILES string of the molecule is Cc1cn(-c2ccc(-c3cccc(S(C)(=O)=O)c3)cc2-c2nc(C)oc2-c2ccc3c(c2)CCC3)c(C)n1. The molecule has 0 aliphatic heterocycles. The molecule has 0 amide bonds. The van der Waals surface area contributed by atoms with Crippen molar-refractivity contribution in [1.29, 1.82) is 0 Å². The quantitative estimate of drug-likeness (QED) is 0.257. The van der Waals surface area contributed by atoms with E-state index in [4.69, 9.17) is 9.40 Å². The Bertz CT molecular complexity index is 1810. The van der Waals surface area contributed by atoms with E-state index in [0.29, 0.717) is 5.89 Å². The fraction of sp³-hybridized carbons (Fsp3) is 0.226. The van der Waals surface area contributed by atoms with Gasteiger partial charge in [0, 0.05) is 30.5 Å². The monoisotopic (exact) mass is 523 g/mol. The van der Waals surface area contributed by atoms with Crippen LogP contribution in [0.5, 0.6) is 0 Å². The zero-order valence-corrected chi connectivity index (χ0v) is 22.8. The van der Waals surface area contributed by atoms with Crippen molar-refractivity contribution >= 4 is 9.84 Å². The van der Waals surface area contributed by atoms with Gasteiger partial charge in [-0.1, -0.05) is 30.3 Å². The summed E-state index contributed by atoms with van der Waals surface area (Å²) in [7, 11) is -3.33. The minimum absolute atomic E-state index is 0.290. The number of hydrogen-bond donors (Lipinski definition) is 0. The predicted octanol–water partition coefficient (Wildman–Crippen LogP) is 6.68. The number of hydrogen-bond acceptors (Lipinski definition) is 5. The van der Waals surface area contributed by atoms with Gasteiger partial charge in [-0.15, -0.1) is 0 Å². The molecular formula is C31H29N3O3S. The molecule has 0 atom stereocenters. The highest BCUT2D eigenvalue weighted by Gasteiger charge is 2.22. The maximum atomic E-state index is 12.2. The number of aromatic nitrogens is 3. The van der Waals surface area contributed by atoms with Crippen LogP contribution in [0.1, 0.15) is 35.0 Å². The van der Waals surface area contributed by atoms with Crippen LogP contribution < -0.4 is 0 Å². The summed E-state index contributed by atoms with van der Waals surface area (Å²) >= 11 is 0. The van der Waals surface area contributed by atoms with Crippen LogP contribution in [0.3, 0.4) is 0 Å². The van der Waals surface area contributed by atoms with Crippen molar-refractivity contribution < 1.29 is 12.8 Å². The molecule has 2 aromatic heterocycles. The highest BCUT2D eigenvalue weighted by atomic mass is 32.2. The molecule has 38 heavy (non-hydrogen) atoms. The minimum atomic E-state index is -3.33. The predicted molar refractivity (Wildman–Crippen MR) is 149 cm³/mol. The van der Waals surface area contributed by atoms with E-state index in [1.807, 2.05) is 45.2 Å². The first kappa shape index (κ1) is 24.4. The first-order valence-electron chi connectivity index (χ1n) is 12.7. The van der Waals surface area contributed by atoms with Crippen LogP contribution in [0.25, 0.3) is 39.4 Å². The number of oxazole rings is 1. The summed E-state index contributed by atoms with van der Waals surface area (Å²) in [5.41, 5.74) is 9.00. The second kappa shape index (κ2) is 9.10. The number of fused-ring (bicyclic) bond motifs is 1. The van der Waals surface area contributed by atoms with Crippen LogP contribution in [0.4, 0.5) is 0 Å². The van der Waals surface area contributed by atoms with Crippen LogP contribution in [-0.2, 0) is 22.7 Å². The summed E-state index contributed by atoms with van der Waals surface area (Å²) in [5, 5.41) is 0. The average molecular weight is 524 g/mol. The van der Waals surface area contributed by atoms with E-state index < -0.39 is 9.84 Å². The molecule has 1 aliphatic rings. The molecule has 0 unspecified atom stereocenters. The smallest absolute Gasteiger partial charge is 0.192 e. The lowest BCUT2D eigenvalue weighted by Gasteiger charge is -2.14. The fourth-order valence-corrected chi connectivity index (χ4v) is 6.07. The number of rotatable bonds is 5. The Morgan fingerprint density at radius 3 is 2.37 bits per heavy atom. The summed E-state index contributed by atoms with van der Waals surface area (Å²) in [6, 6.07) is 19.7. The molecule has 192 valence electrons. The lowest BCUT2D eigenvalue weighted by Crippen LogP contribution is -2.00. The van der Waals surface area contributed by atoms with E-state index in [1.165, 1.54) is 23.8 Å². The Hall–Kier alpha value is -3.97. The van der Waals surface area contributed by atoms with E-state index in [0.717, 1.165) is 63.8 Å². The fourth-order valence-electron chi connectivity index (χ4n) is 5.40. The molecule has 7 heteroatoms. The topological polar surface area (TPSA) is 78.0 Å². The van der Waals surface area contributed by atoms with E-state index in [1.54, 1.807) is 18.2 Å². The molecular weight excluding hydrogens is 494 g/mol. The van der Waals surface area contributed by atoms with Gasteiger partial charge in [-0.05, 0) is 85.7 Å². The van der Waals surface area contributed by atoms with Crippen molar-refractivity contribution in [3.05, 3.63) is 95.4 Å². The Morgan fingerprint density at radius 1 is 0.842 bits per heavy atom. The van der Waals surface area contributed by atoms with E-state index in [9.17, 15) is 8.42 Å². The first-order valence-corrected chi connectivity index (χ1v) is 14.6. The molecule has 5 aromatic rings. The third-order valence-corrected chi connectivity index (χ3v) is 8.31. The second-order valence-corrected chi connectivity index (χ2v) is 12.1. The molecule has 0 bridgehead atoms. The summed E-state index contributed by atoms with van der Waals surface area (Å²) in [6.07, 6.45) is 6.62. The highest BCUT2D eigenvalue weighted by molar-refractivity contribution is 7.90. The second-order valence-electron chi connectivity index (χ2n) is 10.1. The average Bonchev–Trinajstić information content (AvgIpc) is 3.60. The van der Waals surface area contributed by atoms with Crippen molar-refractivity contribution in [2.45, 2.75) is 44.9 Å². The van der Waals surface area contributed by atoms with Crippen LogP contribution >= 0.6 is 0 Å². The Morgan fingerprint density at radius 2 is 1.61 bits per heavy atom. The van der Waals surface area contributed by atoms with Crippen molar-refractivity contribution in [3.8, 4) is 39.4 Å². The standard InChI is InChI=1S/C31H29N3O3S/c1-19-18-34(20(2)32-19)29-14-13-25(24-9-6-10-27(16-24)38(4,35)36)17-28(29)30-31(37-21(3)33-30)26-12-11-22-7-5-8-23(22)15-26/h6,9-18H,5,7-8H2,1-4H3. The Kier molecular flexibility index (Phi) is 5.83. The lowest BCUT2D eigenvalue weighted by molar-refractivity contribution is 0.534. The van der Waals surface area contributed by atoms with Gasteiger partial charge in [-0.2, -0.15) is 0 Å². The molecule has 0 radical (unpaired) electrons. The molecule has 0 fully saturated rings. The first-order chi connectivity index (χ1) is 18.2. The maximum absolute atomic E-state index is 12.2. The van der Waals surface area contributed by atoms with Crippen LogP contribution in [0.15, 0.2) is 76.2 Å². The van der Waals surface area contributed by atoms with Gasteiger partial charge >= 0.3 is 0 Å². The summed E-state index contributed by atoms with van der Waals surface area (Å²) < 4.78 is 32.8. The molecule has 0 N–H and O–H groups in total. The van der Waals surface area contributed by atoms with Gasteiger partial charge in [0.25, 0.3) is 0 Å². The third-order valence-electron chi connectivity index (χ3n) is 7.20. The number of nitrogens with zero attached hydrogens (tertiary/aromatic N) is 3. The van der Waals surface area contributed by atoms with Gasteiger partial charge in [0.2, 0.25) is 0 Å². The number of benzene rings is 3. The molecule has 3 aromatic carbocycles. The van der Waals surface area contributed by atoms with E-state index >= 15 is 0 Å². The molecule has 6 rings (SSSR count). The van der Waals surface area contributed by atoms with Crippen LogP contribution in [0.2, 0.25) is 0 Å². The number of aryl methyl sites for hydroxylation is 5. The van der Waals surface area contributed by atoms with Crippen LogP contribution in [0, 0.1) is 20.8 Å². The molecule has 1 aliphatic carbocycles. The molecule has 0 saturated heterocycles. The third kappa shape index (κ3) is 4.37. The Labute approximate surface area is 222 Å². The summed E-state index contributed by atoms with van der Waals surface area (Å²) in [5.74, 6) is 2.19. The number of imidazole rings is 1. The van der Waals surface area contributed by atoms with Crippen molar-refractivity contribution in [1.82, 2.24) is 14.5 Å². The normalized spacial score (nSPS) is 13.2. The highest BCUT2D eigenvalue weighted by Crippen LogP contribution is 2.40. The molecule has 0 spiro atoms. The van der Waals surface area contributed by atoms with Gasteiger partial charge in [0.1, 0.15) is 11.5 Å². The molecule has 6 nitrogen and oxygen atoms in total. The molecule has 2 heterocycles. The maximum Gasteiger partial charge on any atom is 0.192 e. The van der Waals surface area contributed by atoms with Crippen molar-refractivity contribution in [3.63, 3.8) is 0 Å². The summed E-state index contributed by atoms with van der Waals surface area (Å²) in [6.45, 7) is 5.83. The zero-order valence-electron chi connectivity index (χ0n) is 21.9. The number of sulfone groups is 1. The van der Waals surface area contributed by atoms with Crippen molar-refractivity contribution in [2.24, 2.45) is 0 Å². The van der Waals surface area contributed by atoms with Gasteiger partial charge in [0.05, 0.1) is 16.3 Å². The van der Waals surface area contributed by atoms with Gasteiger partial charge in [-0.25, -0.2) is 18.4 Å². The molecule has 0 saturated carbocycles. The summed E-state index contributed by atoms with van der Waals surface area (Å²) in [4.78, 5) is 9.78.